The first-order chi connectivity index (χ1) is 10.3. The lowest BCUT2D eigenvalue weighted by Gasteiger charge is -2.42. The lowest BCUT2D eigenvalue weighted by molar-refractivity contribution is -0.308. The van der Waals surface area contributed by atoms with Gasteiger partial charge in [0.05, 0.1) is 12.7 Å². The first-order valence-electron chi connectivity index (χ1n) is 7.64. The van der Waals surface area contributed by atoms with E-state index in [2.05, 4.69) is 6.58 Å². The zero-order chi connectivity index (χ0) is 16.4. The van der Waals surface area contributed by atoms with Crippen LogP contribution >= 0.6 is 0 Å². The first kappa shape index (κ1) is 17.6. The van der Waals surface area contributed by atoms with Gasteiger partial charge in [-0.25, -0.2) is 0 Å². The van der Waals surface area contributed by atoms with Crippen molar-refractivity contribution < 1.29 is 29.9 Å². The van der Waals surface area contributed by atoms with Crippen LogP contribution in [-0.4, -0.2) is 63.8 Å². The van der Waals surface area contributed by atoms with Crippen molar-refractivity contribution in [3.05, 3.63) is 23.3 Å². The van der Waals surface area contributed by atoms with E-state index in [9.17, 15) is 20.4 Å². The van der Waals surface area contributed by atoms with Crippen molar-refractivity contribution in [2.24, 2.45) is 0 Å². The van der Waals surface area contributed by atoms with E-state index in [-0.39, 0.29) is 6.10 Å². The van der Waals surface area contributed by atoms with Gasteiger partial charge in [0.25, 0.3) is 0 Å². The number of hydrogen-bond acceptors (Lipinski definition) is 6. The second-order valence-corrected chi connectivity index (χ2v) is 6.30. The van der Waals surface area contributed by atoms with Gasteiger partial charge in [0.1, 0.15) is 24.4 Å². The number of hydrogen-bond donors (Lipinski definition) is 4. The molecule has 22 heavy (non-hydrogen) atoms. The Kier molecular flexibility index (Phi) is 5.76. The van der Waals surface area contributed by atoms with Gasteiger partial charge in [0, 0.05) is 0 Å². The zero-order valence-corrected chi connectivity index (χ0v) is 13.1. The van der Waals surface area contributed by atoms with Crippen molar-refractivity contribution >= 4 is 0 Å². The van der Waals surface area contributed by atoms with Crippen molar-refractivity contribution in [1.29, 1.82) is 0 Å². The molecular weight excluding hydrogens is 288 g/mol. The molecule has 0 spiro atoms. The van der Waals surface area contributed by atoms with Gasteiger partial charge in [-0.15, -0.1) is 0 Å². The number of aliphatic hydroxyl groups is 4. The topological polar surface area (TPSA) is 99.4 Å². The molecule has 0 bridgehead atoms. The summed E-state index contributed by atoms with van der Waals surface area (Å²) in [6.07, 6.45) is -4.08. The molecule has 6 atom stereocenters. The number of rotatable bonds is 3. The van der Waals surface area contributed by atoms with E-state index < -0.39 is 37.3 Å². The number of allylic oxidation sites excluding steroid dienone is 1. The fraction of sp³-hybridized carbons (Fsp3) is 0.750. The molecule has 1 saturated heterocycles. The van der Waals surface area contributed by atoms with Gasteiger partial charge in [0.2, 0.25) is 0 Å². The Morgan fingerprint density at radius 1 is 1.18 bits per heavy atom. The Balaban J connectivity index is 2.13. The molecule has 1 heterocycles. The summed E-state index contributed by atoms with van der Waals surface area (Å²) in [7, 11) is 0. The van der Waals surface area contributed by atoms with Gasteiger partial charge in [-0.1, -0.05) is 17.7 Å². The van der Waals surface area contributed by atoms with Crippen LogP contribution in [0.15, 0.2) is 23.3 Å². The Morgan fingerprint density at radius 3 is 2.45 bits per heavy atom. The maximum atomic E-state index is 10.1. The molecule has 6 heteroatoms. The van der Waals surface area contributed by atoms with Gasteiger partial charge in [-0.3, -0.25) is 0 Å². The lowest BCUT2D eigenvalue weighted by atomic mass is 9.86. The molecule has 1 aliphatic carbocycles. The summed E-state index contributed by atoms with van der Waals surface area (Å²) >= 11 is 0. The summed E-state index contributed by atoms with van der Waals surface area (Å²) in [6.45, 7) is 7.55. The molecule has 4 N–H and O–H groups in total. The molecule has 126 valence electrons. The van der Waals surface area contributed by atoms with E-state index in [4.69, 9.17) is 9.47 Å². The third-order valence-electron chi connectivity index (χ3n) is 4.40. The van der Waals surface area contributed by atoms with Crippen LogP contribution in [0.3, 0.4) is 0 Å². The van der Waals surface area contributed by atoms with E-state index in [1.165, 1.54) is 0 Å². The smallest absolute Gasteiger partial charge is 0.187 e. The minimum atomic E-state index is -1.42. The van der Waals surface area contributed by atoms with E-state index in [1.54, 1.807) is 0 Å². The Hall–Kier alpha value is -0.760. The fourth-order valence-corrected chi connectivity index (χ4v) is 3.00. The minimum absolute atomic E-state index is 0.271. The molecule has 0 radical (unpaired) electrons. The highest BCUT2D eigenvalue weighted by Crippen LogP contribution is 2.34. The molecule has 0 aromatic heterocycles. The summed E-state index contributed by atoms with van der Waals surface area (Å²) < 4.78 is 11.3. The molecule has 0 aromatic carbocycles. The van der Waals surface area contributed by atoms with Crippen molar-refractivity contribution in [3.63, 3.8) is 0 Å². The molecule has 6 unspecified atom stereocenters. The Morgan fingerprint density at radius 2 is 1.86 bits per heavy atom. The maximum Gasteiger partial charge on any atom is 0.187 e. The summed E-state index contributed by atoms with van der Waals surface area (Å²) in [5.74, 6) is 0. The predicted octanol–water partition coefficient (Wildman–Crippen LogP) is 0.248. The van der Waals surface area contributed by atoms with Crippen LogP contribution in [0.25, 0.3) is 0 Å². The second-order valence-electron chi connectivity index (χ2n) is 6.30. The van der Waals surface area contributed by atoms with E-state index in [0.717, 1.165) is 29.6 Å². The molecule has 0 aromatic rings. The molecule has 0 amide bonds. The summed E-state index contributed by atoms with van der Waals surface area (Å²) in [5, 5.41) is 38.9. The number of aliphatic hydroxyl groups excluding tert-OH is 4. The van der Waals surface area contributed by atoms with Crippen molar-refractivity contribution in [2.45, 2.75) is 69.9 Å². The highest BCUT2D eigenvalue weighted by atomic mass is 16.7. The highest BCUT2D eigenvalue weighted by molar-refractivity contribution is 5.23. The van der Waals surface area contributed by atoms with E-state index in [1.807, 2.05) is 13.8 Å². The highest BCUT2D eigenvalue weighted by Gasteiger charge is 2.45. The van der Waals surface area contributed by atoms with Crippen LogP contribution in [0.1, 0.15) is 33.1 Å². The molecular formula is C16H26O6. The average Bonchev–Trinajstić information content (AvgIpc) is 2.47. The van der Waals surface area contributed by atoms with Crippen molar-refractivity contribution in [2.75, 3.05) is 6.61 Å². The quantitative estimate of drug-likeness (QED) is 0.557. The van der Waals surface area contributed by atoms with Crippen molar-refractivity contribution in [1.82, 2.24) is 0 Å². The lowest BCUT2D eigenvalue weighted by Crippen LogP contribution is -2.59. The Bertz CT molecular complexity index is 440. The Labute approximate surface area is 130 Å². The summed E-state index contributed by atoms with van der Waals surface area (Å²) in [5.41, 5.74) is 3.37. The van der Waals surface area contributed by atoms with Crippen LogP contribution < -0.4 is 0 Å². The van der Waals surface area contributed by atoms with Crippen molar-refractivity contribution in [3.8, 4) is 0 Å². The molecule has 1 aliphatic heterocycles. The third-order valence-corrected chi connectivity index (χ3v) is 4.40. The predicted molar refractivity (Wildman–Crippen MR) is 80.0 cm³/mol. The monoisotopic (exact) mass is 314 g/mol. The van der Waals surface area contributed by atoms with Gasteiger partial charge in [-0.05, 0) is 38.7 Å². The fourth-order valence-electron chi connectivity index (χ4n) is 3.00. The SMILES string of the molecule is C=C1CCC(=C(C)C)C(OC2OC(CO)C(O)C(O)C2O)C1. The normalized spacial score (nSPS) is 39.9. The van der Waals surface area contributed by atoms with Crippen LogP contribution in [0.2, 0.25) is 0 Å². The van der Waals surface area contributed by atoms with Gasteiger partial charge < -0.3 is 29.9 Å². The van der Waals surface area contributed by atoms with Crippen LogP contribution in [-0.2, 0) is 9.47 Å². The third kappa shape index (κ3) is 3.59. The molecule has 1 saturated carbocycles. The molecule has 2 aliphatic rings. The minimum Gasteiger partial charge on any atom is -0.394 e. The van der Waals surface area contributed by atoms with Crippen LogP contribution in [0.4, 0.5) is 0 Å². The maximum absolute atomic E-state index is 10.1. The zero-order valence-electron chi connectivity index (χ0n) is 13.1. The summed E-state index contributed by atoms with van der Waals surface area (Å²) in [6, 6.07) is 0. The summed E-state index contributed by atoms with van der Waals surface area (Å²) in [4.78, 5) is 0. The molecule has 6 nitrogen and oxygen atoms in total. The second kappa shape index (κ2) is 7.21. The largest absolute Gasteiger partial charge is 0.394 e. The molecule has 2 fully saturated rings. The van der Waals surface area contributed by atoms with E-state index >= 15 is 0 Å². The van der Waals surface area contributed by atoms with Crippen LogP contribution in [0, 0.1) is 0 Å². The van der Waals surface area contributed by atoms with Crippen LogP contribution in [0.5, 0.6) is 0 Å². The average molecular weight is 314 g/mol. The van der Waals surface area contributed by atoms with Gasteiger partial charge in [-0.2, -0.15) is 0 Å². The van der Waals surface area contributed by atoms with E-state index in [0.29, 0.717) is 6.42 Å². The first-order valence-corrected chi connectivity index (χ1v) is 7.64. The molecule has 2 rings (SSSR count). The number of ether oxygens (including phenoxy) is 2. The van der Waals surface area contributed by atoms with Gasteiger partial charge in [0.15, 0.2) is 6.29 Å². The standard InChI is InChI=1S/C16H26O6/c1-8(2)10-5-4-9(3)6-11(10)21-16-15(20)14(19)13(18)12(7-17)22-16/h11-20H,3-7H2,1-2H3. The van der Waals surface area contributed by atoms with Gasteiger partial charge >= 0.3 is 0 Å².